The smallest absolute Gasteiger partial charge is 0.249 e. The minimum absolute atomic E-state index is 0.0924. The number of ether oxygens (including phenoxy) is 1. The third kappa shape index (κ3) is 5.19. The molecule has 0 aliphatic heterocycles. The molecular formula is C26H29N5O3S. The highest BCUT2D eigenvalue weighted by atomic mass is 32.1. The van der Waals surface area contributed by atoms with E-state index in [0.717, 1.165) is 16.8 Å². The van der Waals surface area contributed by atoms with Crippen molar-refractivity contribution >= 4 is 39.9 Å². The lowest BCUT2D eigenvalue weighted by Gasteiger charge is -2.34. The number of amides is 2. The van der Waals surface area contributed by atoms with E-state index in [1.807, 2.05) is 74.7 Å². The van der Waals surface area contributed by atoms with E-state index in [0.29, 0.717) is 17.0 Å². The van der Waals surface area contributed by atoms with E-state index in [1.54, 1.807) is 23.9 Å². The molecule has 2 aromatic heterocycles. The predicted molar refractivity (Wildman–Crippen MR) is 138 cm³/mol. The van der Waals surface area contributed by atoms with Crippen molar-refractivity contribution in [3.63, 3.8) is 0 Å². The highest BCUT2D eigenvalue weighted by molar-refractivity contribution is 7.10. The molecule has 2 amide bonds. The lowest BCUT2D eigenvalue weighted by molar-refractivity contribution is -0.128. The number of hydrogen-bond acceptors (Lipinski definition) is 6. The van der Waals surface area contributed by atoms with Crippen molar-refractivity contribution in [2.24, 2.45) is 0 Å². The lowest BCUT2D eigenvalue weighted by Crippen LogP contribution is -2.51. The van der Waals surface area contributed by atoms with Gasteiger partial charge in [0, 0.05) is 10.4 Å². The Morgan fingerprint density at radius 1 is 1.11 bits per heavy atom. The summed E-state index contributed by atoms with van der Waals surface area (Å²) in [4.78, 5) is 30.0. The Labute approximate surface area is 208 Å². The van der Waals surface area contributed by atoms with Crippen LogP contribution in [0, 0.1) is 0 Å². The molecule has 0 fully saturated rings. The molecule has 0 bridgehead atoms. The molecule has 0 spiro atoms. The molecule has 0 saturated heterocycles. The highest BCUT2D eigenvalue weighted by Gasteiger charge is 2.37. The molecule has 0 aliphatic rings. The van der Waals surface area contributed by atoms with Crippen molar-refractivity contribution in [1.29, 1.82) is 0 Å². The number of hydrogen-bond donors (Lipinski definition) is 1. The lowest BCUT2D eigenvalue weighted by atomic mass is 10.0. The molecular weight excluding hydrogens is 462 g/mol. The van der Waals surface area contributed by atoms with Gasteiger partial charge in [-0.25, -0.2) is 4.68 Å². The molecule has 182 valence electrons. The van der Waals surface area contributed by atoms with Gasteiger partial charge in [0.15, 0.2) is 0 Å². The fourth-order valence-electron chi connectivity index (χ4n) is 3.80. The standard InChI is InChI=1S/C26H29N5O3S/c1-5-26(2,3)27-25(33)24(22-15-10-16-35-22)31(20-13-8-9-14-21(20)34-4)23(32)17-30-19-12-7-6-11-18(19)28-29-30/h6-16,24H,5,17H2,1-4H3,(H,27,33). The quantitative estimate of drug-likeness (QED) is 0.370. The highest BCUT2D eigenvalue weighted by Crippen LogP contribution is 2.37. The van der Waals surface area contributed by atoms with Crippen LogP contribution in [0.15, 0.2) is 66.0 Å². The SMILES string of the molecule is CCC(C)(C)NC(=O)C(c1cccs1)N(C(=O)Cn1nnc2ccccc21)c1ccccc1OC. The molecule has 1 N–H and O–H groups in total. The van der Waals surface area contributed by atoms with Crippen LogP contribution in [0.1, 0.15) is 38.1 Å². The van der Waals surface area contributed by atoms with E-state index in [-0.39, 0.29) is 18.4 Å². The monoisotopic (exact) mass is 491 g/mol. The molecule has 35 heavy (non-hydrogen) atoms. The summed E-state index contributed by atoms with van der Waals surface area (Å²) in [5.74, 6) is -0.0802. The van der Waals surface area contributed by atoms with Crippen LogP contribution >= 0.6 is 11.3 Å². The van der Waals surface area contributed by atoms with E-state index in [1.165, 1.54) is 16.2 Å². The number of fused-ring (bicyclic) bond motifs is 1. The summed E-state index contributed by atoms with van der Waals surface area (Å²) in [5.41, 5.74) is 1.50. The van der Waals surface area contributed by atoms with Crippen molar-refractivity contribution in [1.82, 2.24) is 20.3 Å². The van der Waals surface area contributed by atoms with E-state index >= 15 is 0 Å². The van der Waals surface area contributed by atoms with E-state index in [2.05, 4.69) is 15.6 Å². The van der Waals surface area contributed by atoms with Gasteiger partial charge in [-0.05, 0) is 56.0 Å². The molecule has 0 saturated carbocycles. The third-order valence-electron chi connectivity index (χ3n) is 5.98. The van der Waals surface area contributed by atoms with Crippen LogP contribution in [-0.4, -0.2) is 39.5 Å². The van der Waals surface area contributed by atoms with Crippen LogP contribution < -0.4 is 15.0 Å². The van der Waals surface area contributed by atoms with Gasteiger partial charge in [0.2, 0.25) is 11.8 Å². The first-order valence-electron chi connectivity index (χ1n) is 11.4. The van der Waals surface area contributed by atoms with Crippen molar-refractivity contribution in [2.75, 3.05) is 12.0 Å². The number of para-hydroxylation sites is 3. The van der Waals surface area contributed by atoms with Crippen LogP contribution in [0.25, 0.3) is 11.0 Å². The van der Waals surface area contributed by atoms with Crippen molar-refractivity contribution in [3.05, 3.63) is 70.9 Å². The maximum absolute atomic E-state index is 14.0. The Kier molecular flexibility index (Phi) is 7.16. The fourth-order valence-corrected chi connectivity index (χ4v) is 4.61. The zero-order chi connectivity index (χ0) is 25.0. The normalized spacial score (nSPS) is 12.3. The van der Waals surface area contributed by atoms with Crippen LogP contribution in [-0.2, 0) is 16.1 Å². The topological polar surface area (TPSA) is 89.4 Å². The van der Waals surface area contributed by atoms with Gasteiger partial charge in [0.1, 0.15) is 23.9 Å². The Hall–Kier alpha value is -3.72. The molecule has 8 nitrogen and oxygen atoms in total. The van der Waals surface area contributed by atoms with Crippen molar-refractivity contribution < 1.29 is 14.3 Å². The zero-order valence-corrected chi connectivity index (χ0v) is 21.1. The molecule has 1 atom stereocenters. The molecule has 9 heteroatoms. The third-order valence-corrected chi connectivity index (χ3v) is 6.91. The maximum Gasteiger partial charge on any atom is 0.249 e. The average molecular weight is 492 g/mol. The van der Waals surface area contributed by atoms with Crippen LogP contribution in [0.2, 0.25) is 0 Å². The summed E-state index contributed by atoms with van der Waals surface area (Å²) in [6.45, 7) is 5.85. The van der Waals surface area contributed by atoms with Crippen LogP contribution in [0.5, 0.6) is 5.75 Å². The Morgan fingerprint density at radius 2 is 1.86 bits per heavy atom. The number of aromatic nitrogens is 3. The molecule has 4 aromatic rings. The van der Waals surface area contributed by atoms with Crippen molar-refractivity contribution in [2.45, 2.75) is 45.3 Å². The summed E-state index contributed by atoms with van der Waals surface area (Å²) >= 11 is 1.43. The largest absolute Gasteiger partial charge is 0.495 e. The number of benzene rings is 2. The summed E-state index contributed by atoms with van der Waals surface area (Å²) in [6.07, 6.45) is 0.740. The van der Waals surface area contributed by atoms with Gasteiger partial charge in [-0.3, -0.25) is 14.5 Å². The number of carbonyl (C=O) groups is 2. The molecule has 2 aromatic carbocycles. The first-order chi connectivity index (χ1) is 16.8. The summed E-state index contributed by atoms with van der Waals surface area (Å²) < 4.78 is 7.15. The number of thiophene rings is 1. The fraction of sp³-hybridized carbons (Fsp3) is 0.308. The van der Waals surface area contributed by atoms with Gasteiger partial charge >= 0.3 is 0 Å². The van der Waals surface area contributed by atoms with Gasteiger partial charge in [-0.15, -0.1) is 16.4 Å². The van der Waals surface area contributed by atoms with Crippen molar-refractivity contribution in [3.8, 4) is 5.75 Å². The summed E-state index contributed by atoms with van der Waals surface area (Å²) in [5, 5.41) is 13.4. The predicted octanol–water partition coefficient (Wildman–Crippen LogP) is 4.58. The minimum Gasteiger partial charge on any atom is -0.495 e. The number of rotatable bonds is 9. The van der Waals surface area contributed by atoms with Gasteiger partial charge < -0.3 is 10.1 Å². The summed E-state index contributed by atoms with van der Waals surface area (Å²) in [7, 11) is 1.55. The summed E-state index contributed by atoms with van der Waals surface area (Å²) in [6, 6.07) is 17.5. The molecule has 4 rings (SSSR count). The Balaban J connectivity index is 1.81. The number of carbonyl (C=O) groups excluding carboxylic acids is 2. The number of nitrogens with one attached hydrogen (secondary N) is 1. The number of nitrogens with zero attached hydrogens (tertiary/aromatic N) is 4. The maximum atomic E-state index is 14.0. The number of methoxy groups -OCH3 is 1. The number of anilines is 1. The van der Waals surface area contributed by atoms with Crippen LogP contribution in [0.3, 0.4) is 0 Å². The second kappa shape index (κ2) is 10.3. The van der Waals surface area contributed by atoms with Gasteiger partial charge in [-0.2, -0.15) is 0 Å². The Bertz CT molecular complexity index is 1320. The Morgan fingerprint density at radius 3 is 2.57 bits per heavy atom. The first-order valence-corrected chi connectivity index (χ1v) is 12.3. The molecule has 1 unspecified atom stereocenters. The van der Waals surface area contributed by atoms with Gasteiger partial charge in [0.25, 0.3) is 0 Å². The van der Waals surface area contributed by atoms with E-state index in [9.17, 15) is 9.59 Å². The minimum atomic E-state index is -0.889. The zero-order valence-electron chi connectivity index (χ0n) is 20.3. The molecule has 0 radical (unpaired) electrons. The first kappa shape index (κ1) is 24.4. The van der Waals surface area contributed by atoms with Gasteiger partial charge in [0.05, 0.1) is 18.3 Å². The van der Waals surface area contributed by atoms with E-state index < -0.39 is 11.6 Å². The van der Waals surface area contributed by atoms with E-state index in [4.69, 9.17) is 4.74 Å². The van der Waals surface area contributed by atoms with Gasteiger partial charge in [-0.1, -0.05) is 42.5 Å². The molecule has 2 heterocycles. The second-order valence-corrected chi connectivity index (χ2v) is 9.80. The average Bonchev–Trinajstić information content (AvgIpc) is 3.52. The van der Waals surface area contributed by atoms with Crippen LogP contribution in [0.4, 0.5) is 5.69 Å². The second-order valence-electron chi connectivity index (χ2n) is 8.82. The molecule has 0 aliphatic carbocycles.